The van der Waals surface area contributed by atoms with E-state index in [4.69, 9.17) is 14.3 Å². The zero-order chi connectivity index (χ0) is 12.8. The zero-order valence-corrected chi connectivity index (χ0v) is 14.3. The van der Waals surface area contributed by atoms with E-state index in [1.807, 2.05) is 0 Å². The Kier molecular flexibility index (Phi) is 21.5. The molecular formula is C13H31MgO3P. The standard InChI is InChI=1S/C13H29O3P.Mg.2H/c1-2-3-4-5-6-7-8-9-10-11-12-13-16-17(14)15;;;/h14-15H,2-13H2,1H3;;;/q;+2;2*-1. The minimum atomic E-state index is -2.14. The summed E-state index contributed by atoms with van der Waals surface area (Å²) in [5, 5.41) is 0. The molecule has 2 N–H and O–H groups in total. The number of rotatable bonds is 13. The van der Waals surface area contributed by atoms with Gasteiger partial charge in [-0.1, -0.05) is 71.1 Å². The van der Waals surface area contributed by atoms with E-state index in [2.05, 4.69) is 6.92 Å². The van der Waals surface area contributed by atoms with Gasteiger partial charge in [0, 0.05) is 0 Å². The Morgan fingerprint density at radius 1 is 0.778 bits per heavy atom. The summed E-state index contributed by atoms with van der Waals surface area (Å²) in [6.45, 7) is 2.73. The first kappa shape index (κ1) is 21.4. The molecule has 0 unspecified atom stereocenters. The molecule has 0 aliphatic heterocycles. The van der Waals surface area contributed by atoms with E-state index in [-0.39, 0.29) is 25.9 Å². The van der Waals surface area contributed by atoms with Crippen molar-refractivity contribution in [2.24, 2.45) is 0 Å². The minimum Gasteiger partial charge on any atom is -1.00 e. The van der Waals surface area contributed by atoms with E-state index in [1.165, 1.54) is 57.8 Å². The predicted octanol–water partition coefficient (Wildman–Crippen LogP) is 4.37. The molecular weight excluding hydrogens is 259 g/mol. The van der Waals surface area contributed by atoms with Gasteiger partial charge >= 0.3 is 31.7 Å². The molecule has 0 aromatic heterocycles. The van der Waals surface area contributed by atoms with Crippen LogP contribution in [0, 0.1) is 0 Å². The summed E-state index contributed by atoms with van der Waals surface area (Å²) in [5.41, 5.74) is 0. The number of hydrogen-bond acceptors (Lipinski definition) is 3. The third-order valence-electron chi connectivity index (χ3n) is 2.95. The van der Waals surface area contributed by atoms with Crippen molar-refractivity contribution in [2.75, 3.05) is 6.61 Å². The zero-order valence-electron chi connectivity index (χ0n) is 13.9. The van der Waals surface area contributed by atoms with Crippen molar-refractivity contribution in [2.45, 2.75) is 77.6 Å². The quantitative estimate of drug-likeness (QED) is 0.301. The van der Waals surface area contributed by atoms with Crippen LogP contribution < -0.4 is 0 Å². The van der Waals surface area contributed by atoms with Gasteiger partial charge in [-0.15, -0.1) is 0 Å². The first-order valence-electron chi connectivity index (χ1n) is 7.08. The van der Waals surface area contributed by atoms with Crippen LogP contribution >= 0.6 is 8.60 Å². The van der Waals surface area contributed by atoms with Gasteiger partial charge in [0.15, 0.2) is 0 Å². The minimum absolute atomic E-state index is 0. The van der Waals surface area contributed by atoms with Gasteiger partial charge in [0.1, 0.15) is 0 Å². The second kappa shape index (κ2) is 18.1. The van der Waals surface area contributed by atoms with Gasteiger partial charge in [-0.25, -0.2) is 0 Å². The Bertz CT molecular complexity index is 158. The average Bonchev–Trinajstić information content (AvgIpc) is 2.30. The molecule has 0 bridgehead atoms. The monoisotopic (exact) mass is 290 g/mol. The maximum absolute atomic E-state index is 8.51. The second-order valence-corrected chi connectivity index (χ2v) is 5.39. The van der Waals surface area contributed by atoms with Crippen molar-refractivity contribution in [3.05, 3.63) is 0 Å². The van der Waals surface area contributed by atoms with Crippen LogP contribution in [-0.2, 0) is 4.52 Å². The van der Waals surface area contributed by atoms with Crippen LogP contribution in [0.1, 0.15) is 80.4 Å². The molecule has 0 aliphatic carbocycles. The van der Waals surface area contributed by atoms with Gasteiger partial charge in [-0.3, -0.25) is 0 Å². The van der Waals surface area contributed by atoms with Crippen LogP contribution in [0.15, 0.2) is 0 Å². The van der Waals surface area contributed by atoms with Crippen LogP contribution in [0.4, 0.5) is 0 Å². The molecule has 0 fully saturated rings. The van der Waals surface area contributed by atoms with Gasteiger partial charge < -0.3 is 17.2 Å². The molecule has 0 aromatic carbocycles. The van der Waals surface area contributed by atoms with E-state index in [9.17, 15) is 0 Å². The third-order valence-corrected chi connectivity index (χ3v) is 3.37. The Hall–Kier alpha value is 1.08. The van der Waals surface area contributed by atoms with Crippen LogP contribution in [0.5, 0.6) is 0 Å². The van der Waals surface area contributed by atoms with Crippen molar-refractivity contribution < 1.29 is 17.2 Å². The molecule has 0 radical (unpaired) electrons. The summed E-state index contributed by atoms with van der Waals surface area (Å²) in [6, 6.07) is 0. The molecule has 3 nitrogen and oxygen atoms in total. The molecule has 0 aliphatic rings. The molecule has 0 spiro atoms. The van der Waals surface area contributed by atoms with Gasteiger partial charge in [0.25, 0.3) is 0 Å². The predicted molar refractivity (Wildman–Crippen MR) is 81.7 cm³/mol. The molecule has 0 atom stereocenters. The molecule has 0 rings (SSSR count). The molecule has 18 heavy (non-hydrogen) atoms. The molecule has 0 heterocycles. The van der Waals surface area contributed by atoms with Gasteiger partial charge in [0.05, 0.1) is 6.61 Å². The third kappa shape index (κ3) is 19.4. The summed E-state index contributed by atoms with van der Waals surface area (Å²) >= 11 is 0. The fraction of sp³-hybridized carbons (Fsp3) is 1.00. The van der Waals surface area contributed by atoms with E-state index >= 15 is 0 Å². The van der Waals surface area contributed by atoms with Crippen LogP contribution in [0.25, 0.3) is 0 Å². The fourth-order valence-electron chi connectivity index (χ4n) is 1.91. The average molecular weight is 291 g/mol. The van der Waals surface area contributed by atoms with Crippen molar-refractivity contribution in [1.82, 2.24) is 0 Å². The van der Waals surface area contributed by atoms with E-state index in [0.29, 0.717) is 6.61 Å². The Morgan fingerprint density at radius 2 is 1.17 bits per heavy atom. The second-order valence-electron chi connectivity index (χ2n) is 4.62. The largest absolute Gasteiger partial charge is 2.00 e. The first-order chi connectivity index (χ1) is 8.27. The normalized spacial score (nSPS) is 10.7. The Morgan fingerprint density at radius 3 is 1.56 bits per heavy atom. The smallest absolute Gasteiger partial charge is 1.00 e. The van der Waals surface area contributed by atoms with Crippen molar-refractivity contribution in [3.63, 3.8) is 0 Å². The Labute approximate surface area is 133 Å². The van der Waals surface area contributed by atoms with E-state index in [1.54, 1.807) is 0 Å². The van der Waals surface area contributed by atoms with Crippen LogP contribution in [0.2, 0.25) is 0 Å². The fourth-order valence-corrected chi connectivity index (χ4v) is 2.20. The molecule has 0 saturated heterocycles. The maximum atomic E-state index is 8.51. The van der Waals surface area contributed by atoms with Gasteiger partial charge in [0.2, 0.25) is 0 Å². The molecule has 0 saturated carbocycles. The summed E-state index contributed by atoms with van der Waals surface area (Å²) in [5.74, 6) is 0. The number of hydrogen-bond donors (Lipinski definition) is 2. The van der Waals surface area contributed by atoms with Crippen molar-refractivity contribution >= 4 is 31.7 Å². The maximum Gasteiger partial charge on any atom is 2.00 e. The van der Waals surface area contributed by atoms with Gasteiger partial charge in [-0.05, 0) is 6.42 Å². The van der Waals surface area contributed by atoms with Crippen molar-refractivity contribution in [1.29, 1.82) is 0 Å². The van der Waals surface area contributed by atoms with Crippen LogP contribution in [0.3, 0.4) is 0 Å². The SMILES string of the molecule is CCCCCCCCCCCCCOP(O)O.[H-].[H-].[Mg+2]. The van der Waals surface area contributed by atoms with Crippen LogP contribution in [-0.4, -0.2) is 39.4 Å². The molecule has 5 heteroatoms. The Balaban J connectivity index is -0.000000427. The van der Waals surface area contributed by atoms with Crippen molar-refractivity contribution in [3.8, 4) is 0 Å². The summed E-state index contributed by atoms with van der Waals surface area (Å²) in [6.07, 6.45) is 14.3. The molecule has 0 aromatic rings. The number of unbranched alkanes of at least 4 members (excludes halogenated alkanes) is 10. The summed E-state index contributed by atoms with van der Waals surface area (Å²) in [4.78, 5) is 17.0. The van der Waals surface area contributed by atoms with E-state index in [0.717, 1.165) is 12.8 Å². The van der Waals surface area contributed by atoms with E-state index < -0.39 is 8.60 Å². The topological polar surface area (TPSA) is 49.7 Å². The van der Waals surface area contributed by atoms with Gasteiger partial charge in [-0.2, -0.15) is 0 Å². The molecule has 0 amide bonds. The summed E-state index contributed by atoms with van der Waals surface area (Å²) < 4.78 is 4.70. The first-order valence-corrected chi connectivity index (χ1v) is 8.24. The summed E-state index contributed by atoms with van der Waals surface area (Å²) in [7, 11) is -2.14. The molecule has 108 valence electrons.